The molecule has 6 aromatic carbocycles. The van der Waals surface area contributed by atoms with Crippen molar-refractivity contribution in [2.24, 2.45) is 0 Å². The lowest BCUT2D eigenvalue weighted by molar-refractivity contribution is 0.187. The smallest absolute Gasteiger partial charge is 0.188 e. The van der Waals surface area contributed by atoms with Crippen molar-refractivity contribution in [3.63, 3.8) is 0 Å². The van der Waals surface area contributed by atoms with Gasteiger partial charge in [0.25, 0.3) is 0 Å². The van der Waals surface area contributed by atoms with Gasteiger partial charge in [-0.15, -0.1) is 0 Å². The molecule has 1 fully saturated rings. The Morgan fingerprint density at radius 3 is 2.02 bits per heavy atom. The maximum atomic E-state index is 8.08. The molecule has 0 unspecified atom stereocenters. The first kappa shape index (κ1) is 35.7. The zero-order chi connectivity index (χ0) is 45.2. The lowest BCUT2D eigenvalue weighted by Gasteiger charge is -2.56. The zero-order valence-corrected chi connectivity index (χ0v) is 36.8. The fourth-order valence-electron chi connectivity index (χ4n) is 9.60. The Balaban J connectivity index is 1.10. The molecule has 5 heterocycles. The third kappa shape index (κ3) is 6.32. The number of fused-ring (bicyclic) bond motifs is 3. The lowest BCUT2D eigenvalue weighted by Crippen LogP contribution is -2.67. The fraction of sp³-hybridized carbons (Fsp3) is 0.250. The van der Waals surface area contributed by atoms with Crippen LogP contribution in [0.1, 0.15) is 88.7 Å². The summed E-state index contributed by atoms with van der Waals surface area (Å²) in [4.78, 5) is 4.66. The number of pyridine rings is 1. The molecular formula is C56H57N4O+. The lowest BCUT2D eigenvalue weighted by atomic mass is 9.80. The molecule has 0 radical (unpaired) electrons. The van der Waals surface area contributed by atoms with E-state index in [1.807, 2.05) is 41.0 Å². The van der Waals surface area contributed by atoms with Gasteiger partial charge in [0.2, 0.25) is 0 Å². The van der Waals surface area contributed by atoms with Gasteiger partial charge in [0, 0.05) is 57.0 Å². The van der Waals surface area contributed by atoms with E-state index in [2.05, 4.69) is 165 Å². The summed E-state index contributed by atoms with van der Waals surface area (Å²) < 4.78 is 34.3. The largest absolute Gasteiger partial charge is 0.457 e. The molecule has 0 amide bonds. The van der Waals surface area contributed by atoms with Gasteiger partial charge in [-0.05, 0) is 99.4 Å². The number of benzene rings is 6. The van der Waals surface area contributed by atoms with Gasteiger partial charge < -0.3 is 4.74 Å². The first-order valence-corrected chi connectivity index (χ1v) is 21.5. The molecule has 0 N–H and O–H groups in total. The molecule has 3 aliphatic rings. The van der Waals surface area contributed by atoms with Crippen LogP contribution in [0.5, 0.6) is 11.5 Å². The quantitative estimate of drug-likeness (QED) is 0.124. The Morgan fingerprint density at radius 2 is 1.28 bits per heavy atom. The topological polar surface area (TPSA) is 27.1 Å². The summed E-state index contributed by atoms with van der Waals surface area (Å²) in [6.45, 7) is 21.8. The van der Waals surface area contributed by atoms with Crippen LogP contribution in [0.4, 0.5) is 22.7 Å². The summed E-state index contributed by atoms with van der Waals surface area (Å²) in [6.07, 6.45) is 1.57. The maximum absolute atomic E-state index is 8.08. The number of rotatable bonds is 6. The van der Waals surface area contributed by atoms with Crippen molar-refractivity contribution in [3.8, 4) is 28.4 Å². The van der Waals surface area contributed by atoms with E-state index in [4.69, 9.17) is 8.85 Å². The van der Waals surface area contributed by atoms with E-state index >= 15 is 0 Å². The average molecular weight is 805 g/mol. The Bertz CT molecular complexity index is 3120. The van der Waals surface area contributed by atoms with Crippen molar-refractivity contribution in [1.29, 1.82) is 0 Å². The fourth-order valence-corrected chi connectivity index (χ4v) is 9.60. The van der Waals surface area contributed by atoms with Gasteiger partial charge in [0.05, 0.1) is 17.7 Å². The minimum Gasteiger partial charge on any atom is -0.457 e. The number of hydrogen-bond donors (Lipinski definition) is 0. The van der Waals surface area contributed by atoms with Gasteiger partial charge in [-0.25, -0.2) is 4.98 Å². The van der Waals surface area contributed by atoms with E-state index in [0.29, 0.717) is 20.5 Å². The van der Waals surface area contributed by atoms with Crippen molar-refractivity contribution >= 4 is 44.6 Å². The molecule has 0 aliphatic carbocycles. The van der Waals surface area contributed by atoms with Crippen LogP contribution in [0.3, 0.4) is 0 Å². The molecule has 2 atom stereocenters. The van der Waals surface area contributed by atoms with Crippen molar-refractivity contribution < 1.29 is 8.85 Å². The molecule has 61 heavy (non-hydrogen) atoms. The van der Waals surface area contributed by atoms with Crippen LogP contribution in [0.2, 0.25) is 0 Å². The number of aryl methyl sites for hydroxylation is 1. The summed E-state index contributed by atoms with van der Waals surface area (Å²) in [5.41, 5.74) is 13.5. The predicted octanol–water partition coefficient (Wildman–Crippen LogP) is 15.2. The van der Waals surface area contributed by atoms with Crippen molar-refractivity contribution in [1.82, 2.24) is 18.5 Å². The first-order chi connectivity index (χ1) is 30.2. The highest BCUT2D eigenvalue weighted by Crippen LogP contribution is 2.68. The molecule has 5 nitrogen and oxygen atoms in total. The molecule has 8 aromatic rings. The Labute approximate surface area is 365 Å². The molecule has 0 spiro atoms. The van der Waals surface area contributed by atoms with E-state index in [-0.39, 0.29) is 21.8 Å². The number of hydrogen-bond acceptors (Lipinski definition) is 2. The van der Waals surface area contributed by atoms with E-state index < -0.39 is 6.85 Å². The van der Waals surface area contributed by atoms with E-state index in [9.17, 15) is 0 Å². The summed E-state index contributed by atoms with van der Waals surface area (Å²) in [7, 11) is 0. The highest BCUT2D eigenvalue weighted by molar-refractivity contribution is 6.09. The van der Waals surface area contributed by atoms with Gasteiger partial charge in [0.15, 0.2) is 18.0 Å². The van der Waals surface area contributed by atoms with Crippen molar-refractivity contribution in [2.75, 3.05) is 6.67 Å². The molecule has 2 aromatic heterocycles. The maximum Gasteiger partial charge on any atom is 0.188 e. The van der Waals surface area contributed by atoms with Crippen LogP contribution in [-0.2, 0) is 16.2 Å². The molecular weight excluding hydrogens is 745 g/mol. The molecule has 0 saturated carbocycles. The van der Waals surface area contributed by atoms with Crippen LogP contribution in [0.25, 0.3) is 38.8 Å². The molecule has 1 saturated heterocycles. The van der Waals surface area contributed by atoms with E-state index in [1.165, 1.54) is 44.9 Å². The first-order valence-electron chi connectivity index (χ1n) is 23.0. The number of nitrogens with zero attached hydrogens (tertiary/aromatic N) is 4. The minimum atomic E-state index is -2.26. The van der Waals surface area contributed by atoms with E-state index in [1.54, 1.807) is 18.3 Å². The second kappa shape index (κ2) is 13.5. The van der Waals surface area contributed by atoms with Gasteiger partial charge in [-0.3, -0.25) is 13.5 Å². The monoisotopic (exact) mass is 804 g/mol. The standard InChI is InChI=1S/C56H57N4O/c1-37-26-27-57-52(28-37)58-49-22-12-11-20-47(49)48-25-24-45(34-50(48)58)61-44-19-14-18-42(33-44)59-35-60(36-59,43-31-40(55(5,6)7)30-41(32-43)56(8,9)10)53-46(21-15-23-51(53)59)38-16-13-17-39(29-38)54(2,3)4/h11-35H,36H2,1-10H3/q+1/t59-,60+/m1/s1/i1D3. The summed E-state index contributed by atoms with van der Waals surface area (Å²) in [6, 6.07) is 49.4. The molecule has 11 rings (SSSR count). The second-order valence-corrected chi connectivity index (χ2v) is 20.3. The van der Waals surface area contributed by atoms with Gasteiger partial charge in [0.1, 0.15) is 28.7 Å². The van der Waals surface area contributed by atoms with Crippen molar-refractivity contribution in [3.05, 3.63) is 175 Å². The number of para-hydroxylation sites is 2. The highest BCUT2D eigenvalue weighted by atomic mass is 16.5. The SMILES string of the molecule is [2H]C([2H])([2H])c1ccnc(-n2c3ccccc3c3ccc(Oc4cccc([N@@+]56[CH-][N@@+](c7cc(C(C)(C)C)cc(C(C)(C)C)c7)(C5)c5c(-c7cccc(C(C)(C)C)c7)cccc56)c4)cc32)c1. The summed E-state index contributed by atoms with van der Waals surface area (Å²) >= 11 is 0. The second-order valence-electron chi connectivity index (χ2n) is 20.3. The minimum absolute atomic E-state index is 0.0118. The van der Waals surface area contributed by atoms with Crippen LogP contribution in [0, 0.1) is 13.5 Å². The average Bonchev–Trinajstić information content (AvgIpc) is 3.84. The summed E-state index contributed by atoms with van der Waals surface area (Å²) in [5.74, 6) is 1.96. The third-order valence-electron chi connectivity index (χ3n) is 13.0. The Kier molecular flexibility index (Phi) is 7.90. The molecule has 5 heteroatoms. The van der Waals surface area contributed by atoms with Crippen LogP contribution >= 0.6 is 0 Å². The van der Waals surface area contributed by atoms with Crippen LogP contribution in [0.15, 0.2) is 146 Å². The molecule has 3 aliphatic heterocycles. The van der Waals surface area contributed by atoms with Crippen LogP contribution < -0.4 is 13.7 Å². The number of ether oxygens (including phenoxy) is 1. The normalized spacial score (nSPS) is 19.6. The van der Waals surface area contributed by atoms with E-state index in [0.717, 1.165) is 39.9 Å². The third-order valence-corrected chi connectivity index (χ3v) is 13.0. The highest BCUT2D eigenvalue weighted by Gasteiger charge is 2.64. The van der Waals surface area contributed by atoms with Gasteiger partial charge >= 0.3 is 0 Å². The zero-order valence-electron chi connectivity index (χ0n) is 39.8. The Hall–Kier alpha value is -6.01. The number of aromatic nitrogens is 2. The molecule has 2 bridgehead atoms. The van der Waals surface area contributed by atoms with Crippen molar-refractivity contribution in [2.45, 2.75) is 85.4 Å². The molecule has 306 valence electrons. The van der Waals surface area contributed by atoms with Gasteiger partial charge in [-0.1, -0.05) is 123 Å². The predicted molar refractivity (Wildman–Crippen MR) is 256 cm³/mol. The summed E-state index contributed by atoms with van der Waals surface area (Å²) in [5, 5.41) is 2.08. The van der Waals surface area contributed by atoms with Gasteiger partial charge in [-0.2, -0.15) is 0 Å². The Morgan fingerprint density at radius 1 is 0.590 bits per heavy atom. The van der Waals surface area contributed by atoms with Crippen LogP contribution in [-0.4, -0.2) is 16.2 Å². The number of quaternary nitrogens is 2.